The van der Waals surface area contributed by atoms with Gasteiger partial charge in [-0.1, -0.05) is 0 Å². The molecule has 0 spiro atoms. The smallest absolute Gasteiger partial charge is 0.108 e. The number of nitrogens with zero attached hydrogens (tertiary/aromatic N) is 2. The number of rotatable bonds is 2. The summed E-state index contributed by atoms with van der Waals surface area (Å²) in [6.07, 6.45) is 2.66. The first kappa shape index (κ1) is 9.93. The molecule has 0 aromatic heterocycles. The predicted octanol–water partition coefficient (Wildman–Crippen LogP) is 0.0909. The molecule has 2 unspecified atom stereocenters. The summed E-state index contributed by atoms with van der Waals surface area (Å²) < 4.78 is 0. The molecule has 4 heteroatoms. The van der Waals surface area contributed by atoms with Crippen LogP contribution in [0.25, 0.3) is 0 Å². The highest BCUT2D eigenvalue weighted by Crippen LogP contribution is 2.22. The van der Waals surface area contributed by atoms with Gasteiger partial charge in [0.1, 0.15) is 5.84 Å². The van der Waals surface area contributed by atoms with Crippen molar-refractivity contribution in [3.8, 4) is 0 Å². The third kappa shape index (κ3) is 1.77. The Morgan fingerprint density at radius 3 is 2.93 bits per heavy atom. The van der Waals surface area contributed by atoms with Crippen molar-refractivity contribution < 1.29 is 0 Å². The molecule has 2 atom stereocenters. The Hall–Kier alpha value is -0.610. The lowest BCUT2D eigenvalue weighted by atomic mass is 10.1. The van der Waals surface area contributed by atoms with Crippen molar-refractivity contribution in [3.63, 3.8) is 0 Å². The minimum atomic E-state index is 0.123. The quantitative estimate of drug-likeness (QED) is 0.486. The average Bonchev–Trinajstić information content (AvgIpc) is 2.62. The van der Waals surface area contributed by atoms with Crippen molar-refractivity contribution in [2.75, 3.05) is 26.2 Å². The molecule has 2 rings (SSSR count). The Labute approximate surface area is 85.6 Å². The topological polar surface area (TPSA) is 56.4 Å². The van der Waals surface area contributed by atoms with Gasteiger partial charge in [0.2, 0.25) is 0 Å². The van der Waals surface area contributed by atoms with Gasteiger partial charge in [0.15, 0.2) is 0 Å². The summed E-state index contributed by atoms with van der Waals surface area (Å²) in [4.78, 5) is 4.91. The Bertz CT molecular complexity index is 228. The molecule has 0 amide bonds. The second kappa shape index (κ2) is 3.87. The number of nitrogens with one attached hydrogen (secondary N) is 1. The maximum Gasteiger partial charge on any atom is 0.108 e. The van der Waals surface area contributed by atoms with Crippen molar-refractivity contribution in [2.24, 2.45) is 5.73 Å². The fraction of sp³-hybridized carbons (Fsp3) is 0.900. The van der Waals surface area contributed by atoms with Gasteiger partial charge in [-0.25, -0.2) is 0 Å². The van der Waals surface area contributed by atoms with E-state index < -0.39 is 0 Å². The zero-order valence-electron chi connectivity index (χ0n) is 8.87. The summed E-state index contributed by atoms with van der Waals surface area (Å²) in [5.41, 5.74) is 5.53. The van der Waals surface area contributed by atoms with E-state index in [1.54, 1.807) is 0 Å². The normalized spacial score (nSPS) is 31.4. The second-order valence-electron chi connectivity index (χ2n) is 4.46. The van der Waals surface area contributed by atoms with E-state index in [0.29, 0.717) is 5.84 Å². The van der Waals surface area contributed by atoms with Crippen LogP contribution in [0.1, 0.15) is 19.8 Å². The molecular formula is C10H20N4. The molecule has 0 radical (unpaired) electrons. The molecule has 3 N–H and O–H groups in total. The molecule has 2 saturated heterocycles. The van der Waals surface area contributed by atoms with E-state index in [2.05, 4.69) is 9.80 Å². The first-order valence-electron chi connectivity index (χ1n) is 5.50. The third-order valence-corrected chi connectivity index (χ3v) is 3.62. The van der Waals surface area contributed by atoms with E-state index in [1.807, 2.05) is 6.92 Å². The first-order valence-corrected chi connectivity index (χ1v) is 5.50. The van der Waals surface area contributed by atoms with E-state index in [4.69, 9.17) is 11.1 Å². The summed E-state index contributed by atoms with van der Waals surface area (Å²) in [7, 11) is 0. The predicted molar refractivity (Wildman–Crippen MR) is 57.5 cm³/mol. The minimum absolute atomic E-state index is 0.123. The van der Waals surface area contributed by atoms with Crippen molar-refractivity contribution >= 4 is 5.84 Å². The van der Waals surface area contributed by atoms with Gasteiger partial charge in [-0.05, 0) is 26.3 Å². The monoisotopic (exact) mass is 196 g/mol. The van der Waals surface area contributed by atoms with Gasteiger partial charge in [0, 0.05) is 25.7 Å². The zero-order valence-corrected chi connectivity index (χ0v) is 8.87. The van der Waals surface area contributed by atoms with Crippen LogP contribution in [-0.2, 0) is 0 Å². The number of fused-ring (bicyclic) bond motifs is 1. The van der Waals surface area contributed by atoms with Gasteiger partial charge >= 0.3 is 0 Å². The summed E-state index contributed by atoms with van der Waals surface area (Å²) >= 11 is 0. The summed E-state index contributed by atoms with van der Waals surface area (Å²) in [5, 5.41) is 7.45. The molecule has 0 aromatic rings. The largest absolute Gasteiger partial charge is 0.386 e. The molecule has 0 aliphatic carbocycles. The molecule has 2 heterocycles. The van der Waals surface area contributed by atoms with Crippen LogP contribution < -0.4 is 5.73 Å². The standard InChI is InChI=1S/C10H20N4/c1-8(10(11)12)14-6-5-13-4-2-3-9(13)7-14/h8-9H,2-7H2,1H3,(H3,11,12). The molecule has 2 fully saturated rings. The zero-order chi connectivity index (χ0) is 10.1. The lowest BCUT2D eigenvalue weighted by Gasteiger charge is -2.40. The van der Waals surface area contributed by atoms with Gasteiger partial charge in [-0.2, -0.15) is 0 Å². The van der Waals surface area contributed by atoms with Gasteiger partial charge in [-0.3, -0.25) is 15.2 Å². The SMILES string of the molecule is CC(C(=N)N)N1CCN2CCCC2C1. The summed E-state index contributed by atoms with van der Waals surface area (Å²) in [6, 6.07) is 0.850. The minimum Gasteiger partial charge on any atom is -0.386 e. The van der Waals surface area contributed by atoms with Crippen molar-refractivity contribution in [1.82, 2.24) is 9.80 Å². The highest BCUT2D eigenvalue weighted by atomic mass is 15.3. The van der Waals surface area contributed by atoms with Crippen LogP contribution >= 0.6 is 0 Å². The van der Waals surface area contributed by atoms with Gasteiger partial charge in [0.05, 0.1) is 6.04 Å². The van der Waals surface area contributed by atoms with E-state index in [9.17, 15) is 0 Å². The molecule has 2 aliphatic heterocycles. The Morgan fingerprint density at radius 2 is 2.21 bits per heavy atom. The van der Waals surface area contributed by atoms with Gasteiger partial charge in [-0.15, -0.1) is 0 Å². The van der Waals surface area contributed by atoms with Crippen LogP contribution in [0.5, 0.6) is 0 Å². The fourth-order valence-corrected chi connectivity index (χ4v) is 2.56. The highest BCUT2D eigenvalue weighted by molar-refractivity contribution is 5.82. The highest BCUT2D eigenvalue weighted by Gasteiger charge is 2.32. The van der Waals surface area contributed by atoms with Crippen LogP contribution in [0.4, 0.5) is 0 Å². The Balaban J connectivity index is 1.94. The van der Waals surface area contributed by atoms with E-state index >= 15 is 0 Å². The molecular weight excluding hydrogens is 176 g/mol. The van der Waals surface area contributed by atoms with Crippen LogP contribution in [0.2, 0.25) is 0 Å². The number of amidine groups is 1. The lowest BCUT2D eigenvalue weighted by molar-refractivity contribution is 0.0948. The molecule has 0 aromatic carbocycles. The number of piperazine rings is 1. The molecule has 14 heavy (non-hydrogen) atoms. The Kier molecular flexibility index (Phi) is 2.74. The van der Waals surface area contributed by atoms with Crippen molar-refractivity contribution in [1.29, 1.82) is 5.41 Å². The van der Waals surface area contributed by atoms with E-state index in [1.165, 1.54) is 19.4 Å². The number of hydrogen-bond acceptors (Lipinski definition) is 3. The van der Waals surface area contributed by atoms with Gasteiger partial charge in [0.25, 0.3) is 0 Å². The summed E-state index contributed by atoms with van der Waals surface area (Å²) in [5.74, 6) is 0.302. The van der Waals surface area contributed by atoms with Gasteiger partial charge < -0.3 is 5.73 Å². The van der Waals surface area contributed by atoms with E-state index in [-0.39, 0.29) is 6.04 Å². The number of hydrogen-bond donors (Lipinski definition) is 2. The Morgan fingerprint density at radius 1 is 1.43 bits per heavy atom. The van der Waals surface area contributed by atoms with Crippen molar-refractivity contribution in [2.45, 2.75) is 31.8 Å². The molecule has 80 valence electrons. The van der Waals surface area contributed by atoms with Crippen molar-refractivity contribution in [3.05, 3.63) is 0 Å². The van der Waals surface area contributed by atoms with Crippen LogP contribution in [0.3, 0.4) is 0 Å². The third-order valence-electron chi connectivity index (χ3n) is 3.62. The van der Waals surface area contributed by atoms with Crippen LogP contribution in [-0.4, -0.2) is 53.9 Å². The van der Waals surface area contributed by atoms with Crippen LogP contribution in [0.15, 0.2) is 0 Å². The maximum absolute atomic E-state index is 7.45. The molecule has 0 saturated carbocycles. The molecule has 2 aliphatic rings. The maximum atomic E-state index is 7.45. The average molecular weight is 196 g/mol. The molecule has 0 bridgehead atoms. The number of nitrogens with two attached hydrogens (primary N) is 1. The molecule has 4 nitrogen and oxygen atoms in total. The van der Waals surface area contributed by atoms with Crippen LogP contribution in [0, 0.1) is 5.41 Å². The van der Waals surface area contributed by atoms with E-state index in [0.717, 1.165) is 25.7 Å². The summed E-state index contributed by atoms with van der Waals surface area (Å²) in [6.45, 7) is 6.63. The first-order chi connectivity index (χ1) is 6.68. The lowest BCUT2D eigenvalue weighted by Crippen LogP contribution is -2.55. The second-order valence-corrected chi connectivity index (χ2v) is 4.46. The fourth-order valence-electron chi connectivity index (χ4n) is 2.56.